The first-order valence-electron chi connectivity index (χ1n) is 6.21. The molecule has 0 unspecified atom stereocenters. The average molecular weight is 250 g/mol. The molecule has 4 heteroatoms. The van der Waals surface area contributed by atoms with E-state index in [1.165, 1.54) is 0 Å². The monoisotopic (exact) mass is 250 g/mol. The van der Waals surface area contributed by atoms with Gasteiger partial charge in [0.2, 0.25) is 0 Å². The largest absolute Gasteiger partial charge is 0.497 e. The van der Waals surface area contributed by atoms with Gasteiger partial charge in [-0.1, -0.05) is 13.8 Å². The highest BCUT2D eigenvalue weighted by atomic mass is 16.5. The highest BCUT2D eigenvalue weighted by Crippen LogP contribution is 2.20. The molecule has 0 radical (unpaired) electrons. The van der Waals surface area contributed by atoms with Crippen LogP contribution in [0.4, 0.5) is 5.69 Å². The SMILES string of the molecule is CCC(C)(CC)NC(=O)c1cc(N)cc(OC)c1. The summed E-state index contributed by atoms with van der Waals surface area (Å²) >= 11 is 0. The number of carbonyl (C=O) groups is 1. The fourth-order valence-electron chi connectivity index (χ4n) is 1.64. The van der Waals surface area contributed by atoms with Crippen LogP contribution in [0.1, 0.15) is 44.0 Å². The Labute approximate surface area is 109 Å². The molecule has 0 saturated carbocycles. The Morgan fingerprint density at radius 1 is 1.33 bits per heavy atom. The number of nitrogens with one attached hydrogen (secondary N) is 1. The molecule has 1 aromatic rings. The molecule has 1 aromatic carbocycles. The number of methoxy groups -OCH3 is 1. The molecule has 100 valence electrons. The van der Waals surface area contributed by atoms with Crippen molar-refractivity contribution in [3.05, 3.63) is 23.8 Å². The van der Waals surface area contributed by atoms with Crippen LogP contribution in [0.25, 0.3) is 0 Å². The molecular weight excluding hydrogens is 228 g/mol. The van der Waals surface area contributed by atoms with Crippen LogP contribution in [0.15, 0.2) is 18.2 Å². The molecule has 0 saturated heterocycles. The third-order valence-corrected chi connectivity index (χ3v) is 3.40. The predicted octanol–water partition coefficient (Wildman–Crippen LogP) is 2.59. The van der Waals surface area contributed by atoms with Gasteiger partial charge in [0.15, 0.2) is 0 Å². The third kappa shape index (κ3) is 3.39. The van der Waals surface area contributed by atoms with Gasteiger partial charge in [-0.25, -0.2) is 0 Å². The number of anilines is 1. The molecule has 0 aliphatic carbocycles. The lowest BCUT2D eigenvalue weighted by Crippen LogP contribution is -2.44. The number of benzene rings is 1. The van der Waals surface area contributed by atoms with E-state index in [2.05, 4.69) is 19.2 Å². The molecule has 0 bridgehead atoms. The highest BCUT2D eigenvalue weighted by Gasteiger charge is 2.22. The van der Waals surface area contributed by atoms with Gasteiger partial charge >= 0.3 is 0 Å². The van der Waals surface area contributed by atoms with Crippen LogP contribution in [-0.2, 0) is 0 Å². The topological polar surface area (TPSA) is 64.4 Å². The van der Waals surface area contributed by atoms with Crippen molar-refractivity contribution in [3.8, 4) is 5.75 Å². The molecule has 0 aliphatic heterocycles. The van der Waals surface area contributed by atoms with Crippen molar-refractivity contribution in [3.63, 3.8) is 0 Å². The minimum atomic E-state index is -0.186. The second-order valence-corrected chi connectivity index (χ2v) is 4.72. The number of hydrogen-bond acceptors (Lipinski definition) is 3. The second kappa shape index (κ2) is 5.76. The lowest BCUT2D eigenvalue weighted by molar-refractivity contribution is 0.0900. The molecule has 1 rings (SSSR count). The standard InChI is InChI=1S/C14H22N2O2/c1-5-14(3,6-2)16-13(17)10-7-11(15)9-12(8-10)18-4/h7-9H,5-6,15H2,1-4H3,(H,16,17). The molecule has 0 aromatic heterocycles. The van der Waals surface area contributed by atoms with Gasteiger partial charge in [0.05, 0.1) is 7.11 Å². The summed E-state index contributed by atoms with van der Waals surface area (Å²) < 4.78 is 5.11. The number of amides is 1. The fraction of sp³-hybridized carbons (Fsp3) is 0.500. The number of rotatable bonds is 5. The van der Waals surface area contributed by atoms with Gasteiger partial charge in [-0.15, -0.1) is 0 Å². The molecule has 1 amide bonds. The second-order valence-electron chi connectivity index (χ2n) is 4.72. The zero-order valence-electron chi connectivity index (χ0n) is 11.5. The van der Waals surface area contributed by atoms with Gasteiger partial charge in [-0.3, -0.25) is 4.79 Å². The number of carbonyl (C=O) groups excluding carboxylic acids is 1. The third-order valence-electron chi connectivity index (χ3n) is 3.40. The van der Waals surface area contributed by atoms with Crippen molar-refractivity contribution in [2.45, 2.75) is 39.2 Å². The van der Waals surface area contributed by atoms with E-state index < -0.39 is 0 Å². The van der Waals surface area contributed by atoms with E-state index in [-0.39, 0.29) is 11.4 Å². The Bertz CT molecular complexity index is 426. The Balaban J connectivity index is 2.94. The first-order chi connectivity index (χ1) is 8.44. The van der Waals surface area contributed by atoms with Crippen LogP contribution < -0.4 is 15.8 Å². The molecule has 18 heavy (non-hydrogen) atoms. The van der Waals surface area contributed by atoms with Crippen molar-refractivity contribution < 1.29 is 9.53 Å². The quantitative estimate of drug-likeness (QED) is 0.789. The number of nitrogen functional groups attached to an aromatic ring is 1. The van der Waals surface area contributed by atoms with E-state index in [0.29, 0.717) is 17.0 Å². The fourth-order valence-corrected chi connectivity index (χ4v) is 1.64. The normalized spacial score (nSPS) is 11.1. The van der Waals surface area contributed by atoms with Gasteiger partial charge in [-0.2, -0.15) is 0 Å². The van der Waals surface area contributed by atoms with Gasteiger partial charge in [0.1, 0.15) is 5.75 Å². The van der Waals surface area contributed by atoms with Gasteiger partial charge in [0.25, 0.3) is 5.91 Å². The summed E-state index contributed by atoms with van der Waals surface area (Å²) in [5, 5.41) is 3.04. The van der Waals surface area contributed by atoms with E-state index >= 15 is 0 Å². The van der Waals surface area contributed by atoms with E-state index in [0.717, 1.165) is 12.8 Å². The summed E-state index contributed by atoms with van der Waals surface area (Å²) in [6.07, 6.45) is 1.77. The predicted molar refractivity (Wildman–Crippen MR) is 73.9 cm³/mol. The summed E-state index contributed by atoms with van der Waals surface area (Å²) in [5.41, 5.74) is 6.61. The molecule has 0 fully saturated rings. The zero-order chi connectivity index (χ0) is 13.8. The molecular formula is C14H22N2O2. The Morgan fingerprint density at radius 2 is 1.94 bits per heavy atom. The van der Waals surface area contributed by atoms with Crippen molar-refractivity contribution in [1.29, 1.82) is 0 Å². The summed E-state index contributed by atoms with van der Waals surface area (Å²) in [6.45, 7) is 6.15. The van der Waals surface area contributed by atoms with E-state index in [4.69, 9.17) is 10.5 Å². The maximum absolute atomic E-state index is 12.2. The van der Waals surface area contributed by atoms with Crippen molar-refractivity contribution >= 4 is 11.6 Å². The first-order valence-corrected chi connectivity index (χ1v) is 6.21. The molecule has 0 heterocycles. The lowest BCUT2D eigenvalue weighted by Gasteiger charge is -2.28. The maximum Gasteiger partial charge on any atom is 0.251 e. The van der Waals surface area contributed by atoms with Crippen LogP contribution in [0, 0.1) is 0 Å². The zero-order valence-corrected chi connectivity index (χ0v) is 11.5. The first kappa shape index (κ1) is 14.4. The average Bonchev–Trinajstić information content (AvgIpc) is 2.37. The molecule has 0 atom stereocenters. The summed E-state index contributed by atoms with van der Waals surface area (Å²) in [5.74, 6) is 0.474. The van der Waals surface area contributed by atoms with Crippen LogP contribution in [0.2, 0.25) is 0 Å². The van der Waals surface area contributed by atoms with Crippen LogP contribution in [-0.4, -0.2) is 18.6 Å². The number of hydrogen-bond donors (Lipinski definition) is 2. The molecule has 0 aliphatic rings. The summed E-state index contributed by atoms with van der Waals surface area (Å²) in [4.78, 5) is 12.2. The van der Waals surface area contributed by atoms with E-state index in [1.54, 1.807) is 25.3 Å². The Morgan fingerprint density at radius 3 is 2.44 bits per heavy atom. The smallest absolute Gasteiger partial charge is 0.251 e. The van der Waals surface area contributed by atoms with Crippen LogP contribution >= 0.6 is 0 Å². The van der Waals surface area contributed by atoms with Crippen molar-refractivity contribution in [1.82, 2.24) is 5.32 Å². The minimum absolute atomic E-state index is 0.119. The van der Waals surface area contributed by atoms with E-state index in [1.807, 2.05) is 6.92 Å². The van der Waals surface area contributed by atoms with Gasteiger partial charge < -0.3 is 15.8 Å². The van der Waals surface area contributed by atoms with Gasteiger partial charge in [-0.05, 0) is 31.9 Å². The summed E-state index contributed by atoms with van der Waals surface area (Å²) in [7, 11) is 1.55. The van der Waals surface area contributed by atoms with Crippen molar-refractivity contribution in [2.24, 2.45) is 0 Å². The minimum Gasteiger partial charge on any atom is -0.497 e. The van der Waals surface area contributed by atoms with Crippen LogP contribution in [0.3, 0.4) is 0 Å². The molecule has 0 spiro atoms. The number of ether oxygens (including phenoxy) is 1. The van der Waals surface area contributed by atoms with Gasteiger partial charge in [0, 0.05) is 22.9 Å². The molecule has 4 nitrogen and oxygen atoms in total. The maximum atomic E-state index is 12.2. The van der Waals surface area contributed by atoms with Crippen LogP contribution in [0.5, 0.6) is 5.75 Å². The van der Waals surface area contributed by atoms with E-state index in [9.17, 15) is 4.79 Å². The summed E-state index contributed by atoms with van der Waals surface area (Å²) in [6, 6.07) is 5.04. The highest BCUT2D eigenvalue weighted by molar-refractivity contribution is 5.96. The Hall–Kier alpha value is -1.71. The molecule has 3 N–H and O–H groups in total. The lowest BCUT2D eigenvalue weighted by atomic mass is 9.95. The Kier molecular flexibility index (Phi) is 4.59. The number of nitrogens with two attached hydrogens (primary N) is 1. The van der Waals surface area contributed by atoms with Crippen molar-refractivity contribution in [2.75, 3.05) is 12.8 Å².